The SMILES string of the molecule is CCCCn1c(O)c(/C=C2\C(C)=Nc3ccccc32)sc1=S. The maximum Gasteiger partial charge on any atom is 0.210 e. The molecule has 0 fully saturated rings. The Labute approximate surface area is 139 Å². The van der Waals surface area contributed by atoms with E-state index in [1.165, 1.54) is 11.3 Å². The predicted molar refractivity (Wildman–Crippen MR) is 96.8 cm³/mol. The Morgan fingerprint density at radius 2 is 2.14 bits per heavy atom. The maximum atomic E-state index is 10.5. The number of fused-ring (bicyclic) bond motifs is 1. The lowest BCUT2D eigenvalue weighted by molar-refractivity contribution is 0.410. The molecule has 0 bridgehead atoms. The van der Waals surface area contributed by atoms with E-state index in [1.807, 2.05) is 35.8 Å². The molecule has 0 saturated heterocycles. The quantitative estimate of drug-likeness (QED) is 0.759. The van der Waals surface area contributed by atoms with Gasteiger partial charge in [0, 0.05) is 23.4 Å². The second-order valence-electron chi connectivity index (χ2n) is 5.33. The molecule has 0 spiro atoms. The second-order valence-corrected chi connectivity index (χ2v) is 7.01. The molecule has 0 atom stereocenters. The van der Waals surface area contributed by atoms with Gasteiger partial charge in [-0.05, 0) is 37.7 Å². The van der Waals surface area contributed by atoms with Crippen LogP contribution in [0.25, 0.3) is 11.6 Å². The molecule has 3 rings (SSSR count). The zero-order valence-electron chi connectivity index (χ0n) is 12.7. The van der Waals surface area contributed by atoms with E-state index in [2.05, 4.69) is 18.0 Å². The molecule has 114 valence electrons. The zero-order valence-corrected chi connectivity index (χ0v) is 14.3. The summed E-state index contributed by atoms with van der Waals surface area (Å²) in [4.78, 5) is 5.38. The van der Waals surface area contributed by atoms with Gasteiger partial charge in [0.1, 0.15) is 0 Å². The van der Waals surface area contributed by atoms with E-state index in [1.54, 1.807) is 0 Å². The van der Waals surface area contributed by atoms with Crippen LogP contribution in [-0.4, -0.2) is 15.4 Å². The van der Waals surface area contributed by atoms with Crippen molar-refractivity contribution in [2.45, 2.75) is 33.2 Å². The number of aliphatic imine (C=N–C) groups is 1. The molecule has 0 saturated carbocycles. The van der Waals surface area contributed by atoms with E-state index < -0.39 is 0 Å². The number of allylic oxidation sites excluding steroid dienone is 1. The van der Waals surface area contributed by atoms with Crippen molar-refractivity contribution in [2.75, 3.05) is 0 Å². The molecule has 1 aliphatic rings. The van der Waals surface area contributed by atoms with Gasteiger partial charge < -0.3 is 5.11 Å². The number of hydrogen-bond donors (Lipinski definition) is 1. The number of unbranched alkanes of at least 4 members (excludes halogenated alkanes) is 1. The van der Waals surface area contributed by atoms with Crippen LogP contribution in [0, 0.1) is 3.95 Å². The molecule has 1 aromatic carbocycles. The van der Waals surface area contributed by atoms with Crippen molar-refractivity contribution in [1.82, 2.24) is 4.57 Å². The third-order valence-corrected chi connectivity index (χ3v) is 5.16. The van der Waals surface area contributed by atoms with Crippen LogP contribution >= 0.6 is 23.6 Å². The number of nitrogens with zero attached hydrogens (tertiary/aromatic N) is 2. The van der Waals surface area contributed by atoms with Crippen LogP contribution in [0.5, 0.6) is 5.88 Å². The second kappa shape index (κ2) is 6.18. The Balaban J connectivity index is 2.03. The average Bonchev–Trinajstić information content (AvgIpc) is 2.96. The van der Waals surface area contributed by atoms with Gasteiger partial charge in [0.05, 0.1) is 10.6 Å². The third kappa shape index (κ3) is 2.66. The number of benzene rings is 1. The van der Waals surface area contributed by atoms with Gasteiger partial charge in [0.25, 0.3) is 0 Å². The lowest BCUT2D eigenvalue weighted by atomic mass is 10.0. The number of hydrogen-bond acceptors (Lipinski definition) is 4. The summed E-state index contributed by atoms with van der Waals surface area (Å²) < 4.78 is 2.54. The largest absolute Gasteiger partial charge is 0.493 e. The molecule has 22 heavy (non-hydrogen) atoms. The van der Waals surface area contributed by atoms with E-state index in [9.17, 15) is 5.11 Å². The van der Waals surface area contributed by atoms with Crippen LogP contribution in [0.15, 0.2) is 29.3 Å². The summed E-state index contributed by atoms with van der Waals surface area (Å²) >= 11 is 6.84. The van der Waals surface area contributed by atoms with E-state index in [-0.39, 0.29) is 5.88 Å². The normalized spacial score (nSPS) is 15.2. The number of aromatic nitrogens is 1. The topological polar surface area (TPSA) is 37.5 Å². The number of aromatic hydroxyl groups is 1. The molecule has 1 N–H and O–H groups in total. The van der Waals surface area contributed by atoms with Crippen LogP contribution in [0.3, 0.4) is 0 Å². The van der Waals surface area contributed by atoms with Gasteiger partial charge in [0.2, 0.25) is 5.88 Å². The van der Waals surface area contributed by atoms with Gasteiger partial charge in [-0.25, -0.2) is 0 Å². The van der Waals surface area contributed by atoms with Crippen LogP contribution in [0.1, 0.15) is 37.1 Å². The first-order chi connectivity index (χ1) is 10.6. The van der Waals surface area contributed by atoms with Gasteiger partial charge in [-0.1, -0.05) is 31.5 Å². The van der Waals surface area contributed by atoms with E-state index in [0.717, 1.165) is 50.8 Å². The summed E-state index contributed by atoms with van der Waals surface area (Å²) in [5.74, 6) is 0.271. The van der Waals surface area contributed by atoms with Crippen molar-refractivity contribution in [3.8, 4) is 5.88 Å². The Kier molecular flexibility index (Phi) is 4.27. The Hall–Kier alpha value is -1.72. The fourth-order valence-corrected chi connectivity index (χ4v) is 3.87. The van der Waals surface area contributed by atoms with Crippen LogP contribution < -0.4 is 0 Å². The molecule has 5 heteroatoms. The first-order valence-corrected chi connectivity index (χ1v) is 8.63. The molecule has 0 radical (unpaired) electrons. The predicted octanol–water partition coefficient (Wildman–Crippen LogP) is 5.43. The standard InChI is InChI=1S/C17H18N2OS2/c1-3-4-9-19-16(20)15(22-17(19)21)10-13-11(2)18-14-8-6-5-7-12(13)14/h5-8,10,20H,3-4,9H2,1-2H3/b13-10+. The maximum absolute atomic E-state index is 10.5. The minimum atomic E-state index is 0.271. The molecule has 0 aliphatic carbocycles. The first kappa shape index (κ1) is 15.2. The van der Waals surface area contributed by atoms with Gasteiger partial charge in [-0.3, -0.25) is 9.56 Å². The summed E-state index contributed by atoms with van der Waals surface area (Å²) in [6, 6.07) is 8.07. The first-order valence-electron chi connectivity index (χ1n) is 7.41. The number of para-hydroxylation sites is 1. The minimum Gasteiger partial charge on any atom is -0.493 e. The molecule has 2 aromatic rings. The van der Waals surface area contributed by atoms with Crippen molar-refractivity contribution in [3.05, 3.63) is 38.7 Å². The summed E-state index contributed by atoms with van der Waals surface area (Å²) in [5.41, 5.74) is 4.13. The third-order valence-electron chi connectivity index (χ3n) is 3.78. The van der Waals surface area contributed by atoms with Crippen LogP contribution in [0.2, 0.25) is 0 Å². The Bertz CT molecular complexity index is 827. The van der Waals surface area contributed by atoms with Crippen molar-refractivity contribution in [1.29, 1.82) is 0 Å². The van der Waals surface area contributed by atoms with Crippen molar-refractivity contribution < 1.29 is 5.11 Å². The fraction of sp³-hybridized carbons (Fsp3) is 0.294. The highest BCUT2D eigenvalue weighted by atomic mass is 32.1. The van der Waals surface area contributed by atoms with E-state index in [4.69, 9.17) is 12.2 Å². The number of thiazole rings is 1. The molecule has 1 aromatic heterocycles. The van der Waals surface area contributed by atoms with Gasteiger partial charge in [0.15, 0.2) is 3.95 Å². The highest BCUT2D eigenvalue weighted by Gasteiger charge is 2.19. The summed E-state index contributed by atoms with van der Waals surface area (Å²) in [6.45, 7) is 4.89. The highest BCUT2D eigenvalue weighted by Crippen LogP contribution is 2.38. The fourth-order valence-electron chi connectivity index (χ4n) is 2.57. The highest BCUT2D eigenvalue weighted by molar-refractivity contribution is 7.73. The minimum absolute atomic E-state index is 0.271. The summed E-state index contributed by atoms with van der Waals surface area (Å²) in [5, 5.41) is 10.5. The summed E-state index contributed by atoms with van der Waals surface area (Å²) in [6.07, 6.45) is 4.09. The van der Waals surface area contributed by atoms with E-state index in [0.29, 0.717) is 0 Å². The molecule has 3 nitrogen and oxygen atoms in total. The zero-order chi connectivity index (χ0) is 15.7. The van der Waals surface area contributed by atoms with E-state index >= 15 is 0 Å². The monoisotopic (exact) mass is 330 g/mol. The van der Waals surface area contributed by atoms with Gasteiger partial charge >= 0.3 is 0 Å². The van der Waals surface area contributed by atoms with Crippen LogP contribution in [0.4, 0.5) is 5.69 Å². The van der Waals surface area contributed by atoms with Gasteiger partial charge in [-0.2, -0.15) is 0 Å². The van der Waals surface area contributed by atoms with Crippen LogP contribution in [-0.2, 0) is 6.54 Å². The van der Waals surface area contributed by atoms with Crippen molar-refractivity contribution in [2.24, 2.45) is 4.99 Å². The molecule has 0 amide bonds. The Morgan fingerprint density at radius 1 is 1.36 bits per heavy atom. The molecule has 1 aliphatic heterocycles. The number of rotatable bonds is 4. The van der Waals surface area contributed by atoms with Crippen molar-refractivity contribution >= 4 is 46.6 Å². The lowest BCUT2D eigenvalue weighted by Gasteiger charge is -2.04. The lowest BCUT2D eigenvalue weighted by Crippen LogP contribution is -1.96. The molecular weight excluding hydrogens is 312 g/mol. The smallest absolute Gasteiger partial charge is 0.210 e. The van der Waals surface area contributed by atoms with Crippen molar-refractivity contribution in [3.63, 3.8) is 0 Å². The Morgan fingerprint density at radius 3 is 2.91 bits per heavy atom. The molecule has 0 unspecified atom stereocenters. The van der Waals surface area contributed by atoms with Gasteiger partial charge in [-0.15, -0.1) is 11.3 Å². The summed E-state index contributed by atoms with van der Waals surface area (Å²) in [7, 11) is 0. The molecular formula is C17H18N2OS2. The average molecular weight is 330 g/mol. The molecule has 2 heterocycles.